The minimum atomic E-state index is -1.01. The zero-order valence-electron chi connectivity index (χ0n) is 14.6. The van der Waals surface area contributed by atoms with Crippen LogP contribution in [0.5, 0.6) is 0 Å². The largest absolute Gasteiger partial charge is 0.464 e. The van der Waals surface area contributed by atoms with Gasteiger partial charge in [0.25, 0.3) is 0 Å². The molecule has 0 fully saturated rings. The Morgan fingerprint density at radius 2 is 1.88 bits per heavy atom. The van der Waals surface area contributed by atoms with Crippen molar-refractivity contribution >= 4 is 40.8 Å². The standard InChI is InChI=1S/C18H19Cl2NO5/c1-4-24-17(22)11-9-14(26-10(11)3)16(18(23)25-5-2)21-13-8-6-7-12(19)15(13)20/h6-9,16,21H,4-5H2,1-3H3. The quantitative estimate of drug-likeness (QED) is 0.674. The van der Waals surface area contributed by atoms with Gasteiger partial charge in [0, 0.05) is 0 Å². The summed E-state index contributed by atoms with van der Waals surface area (Å²) in [7, 11) is 0. The number of halogens is 2. The van der Waals surface area contributed by atoms with E-state index in [1.165, 1.54) is 6.07 Å². The third-order valence-electron chi connectivity index (χ3n) is 3.49. The number of rotatable bonds is 7. The van der Waals surface area contributed by atoms with E-state index < -0.39 is 18.0 Å². The molecule has 2 aromatic rings. The lowest BCUT2D eigenvalue weighted by molar-refractivity contribution is -0.144. The molecule has 1 atom stereocenters. The summed E-state index contributed by atoms with van der Waals surface area (Å²) in [5, 5.41) is 3.56. The summed E-state index contributed by atoms with van der Waals surface area (Å²) in [4.78, 5) is 24.4. The van der Waals surface area contributed by atoms with Gasteiger partial charge in [-0.05, 0) is 39.0 Å². The van der Waals surface area contributed by atoms with Crippen molar-refractivity contribution in [3.63, 3.8) is 0 Å². The van der Waals surface area contributed by atoms with Gasteiger partial charge >= 0.3 is 11.9 Å². The average Bonchev–Trinajstić information content (AvgIpc) is 2.98. The van der Waals surface area contributed by atoms with Gasteiger partial charge in [0.1, 0.15) is 17.1 Å². The van der Waals surface area contributed by atoms with Crippen molar-refractivity contribution in [2.45, 2.75) is 26.8 Å². The molecule has 0 aliphatic rings. The van der Waals surface area contributed by atoms with Gasteiger partial charge in [0.05, 0.1) is 28.9 Å². The molecule has 140 valence electrons. The molecular weight excluding hydrogens is 381 g/mol. The van der Waals surface area contributed by atoms with Crippen molar-refractivity contribution in [1.82, 2.24) is 0 Å². The van der Waals surface area contributed by atoms with Crippen LogP contribution in [-0.2, 0) is 14.3 Å². The van der Waals surface area contributed by atoms with E-state index in [9.17, 15) is 9.59 Å². The minimum absolute atomic E-state index is 0.185. The fourth-order valence-corrected chi connectivity index (χ4v) is 2.66. The molecule has 8 heteroatoms. The Morgan fingerprint density at radius 1 is 1.19 bits per heavy atom. The number of benzene rings is 1. The van der Waals surface area contributed by atoms with Crippen molar-refractivity contribution in [2.24, 2.45) is 0 Å². The summed E-state index contributed by atoms with van der Waals surface area (Å²) in [6.45, 7) is 5.43. The van der Waals surface area contributed by atoms with E-state index in [1.807, 2.05) is 0 Å². The summed E-state index contributed by atoms with van der Waals surface area (Å²) in [5.41, 5.74) is 0.680. The Hall–Kier alpha value is -2.18. The molecule has 2 rings (SSSR count). The normalized spacial score (nSPS) is 11.7. The first-order valence-electron chi connectivity index (χ1n) is 8.03. The first-order valence-corrected chi connectivity index (χ1v) is 8.79. The monoisotopic (exact) mass is 399 g/mol. The van der Waals surface area contributed by atoms with E-state index in [2.05, 4.69) is 5.32 Å². The highest BCUT2D eigenvalue weighted by molar-refractivity contribution is 6.43. The number of anilines is 1. The predicted octanol–water partition coefficient (Wildman–Crippen LogP) is 4.79. The van der Waals surface area contributed by atoms with Gasteiger partial charge in [0.2, 0.25) is 0 Å². The summed E-state index contributed by atoms with van der Waals surface area (Å²) >= 11 is 12.2. The van der Waals surface area contributed by atoms with E-state index in [-0.39, 0.29) is 29.6 Å². The molecule has 6 nitrogen and oxygen atoms in total. The first-order chi connectivity index (χ1) is 12.4. The Bertz CT molecular complexity index is 803. The molecule has 0 amide bonds. The first kappa shape index (κ1) is 20.1. The summed E-state index contributed by atoms with van der Waals surface area (Å²) in [6, 6.07) is 5.44. The molecule has 1 aromatic heterocycles. The molecule has 0 saturated heterocycles. The second-order valence-corrected chi connectivity index (χ2v) is 6.06. The summed E-state index contributed by atoms with van der Waals surface area (Å²) in [6.07, 6.45) is 0. The second-order valence-electron chi connectivity index (χ2n) is 5.27. The van der Waals surface area contributed by atoms with Gasteiger partial charge < -0.3 is 19.2 Å². The Labute approximate surface area is 161 Å². The third-order valence-corrected chi connectivity index (χ3v) is 4.31. The predicted molar refractivity (Wildman–Crippen MR) is 98.9 cm³/mol. The van der Waals surface area contributed by atoms with E-state index in [0.717, 1.165) is 0 Å². The van der Waals surface area contributed by atoms with Crippen LogP contribution in [0.2, 0.25) is 10.0 Å². The molecule has 1 aromatic carbocycles. The molecule has 0 aliphatic carbocycles. The molecule has 26 heavy (non-hydrogen) atoms. The van der Waals surface area contributed by atoms with Crippen molar-refractivity contribution in [3.8, 4) is 0 Å². The highest BCUT2D eigenvalue weighted by atomic mass is 35.5. The van der Waals surface area contributed by atoms with Crippen molar-refractivity contribution < 1.29 is 23.5 Å². The molecule has 0 spiro atoms. The van der Waals surface area contributed by atoms with Crippen LogP contribution < -0.4 is 5.32 Å². The van der Waals surface area contributed by atoms with Crippen molar-refractivity contribution in [1.29, 1.82) is 0 Å². The molecule has 0 bridgehead atoms. The highest BCUT2D eigenvalue weighted by Gasteiger charge is 2.29. The van der Waals surface area contributed by atoms with Crippen LogP contribution >= 0.6 is 23.2 Å². The van der Waals surface area contributed by atoms with Crippen LogP contribution in [0.25, 0.3) is 0 Å². The van der Waals surface area contributed by atoms with Gasteiger partial charge in [-0.1, -0.05) is 29.3 Å². The minimum Gasteiger partial charge on any atom is -0.464 e. The molecule has 1 unspecified atom stereocenters. The SMILES string of the molecule is CCOC(=O)c1cc(C(Nc2cccc(Cl)c2Cl)C(=O)OCC)oc1C. The topological polar surface area (TPSA) is 77.8 Å². The summed E-state index contributed by atoms with van der Waals surface area (Å²) in [5.74, 6) is -0.553. The van der Waals surface area contributed by atoms with Gasteiger partial charge in [-0.15, -0.1) is 0 Å². The third kappa shape index (κ3) is 4.51. The molecular formula is C18H19Cl2NO5. The maximum absolute atomic E-state index is 12.4. The Balaban J connectivity index is 2.39. The number of ether oxygens (including phenoxy) is 2. The van der Waals surface area contributed by atoms with Crippen molar-refractivity contribution in [3.05, 3.63) is 51.4 Å². The fraction of sp³-hybridized carbons (Fsp3) is 0.333. The number of furan rings is 1. The van der Waals surface area contributed by atoms with Crippen LogP contribution in [-0.4, -0.2) is 25.2 Å². The molecule has 0 aliphatic heterocycles. The number of carbonyl (C=O) groups excluding carboxylic acids is 2. The Kier molecular flexibility index (Phi) is 6.94. The number of aryl methyl sites for hydroxylation is 1. The van der Waals surface area contributed by atoms with E-state index in [0.29, 0.717) is 16.5 Å². The van der Waals surface area contributed by atoms with E-state index in [1.54, 1.807) is 39.0 Å². The molecule has 1 heterocycles. The van der Waals surface area contributed by atoms with Gasteiger partial charge in [-0.25, -0.2) is 9.59 Å². The van der Waals surface area contributed by atoms with E-state index in [4.69, 9.17) is 37.1 Å². The zero-order chi connectivity index (χ0) is 19.3. The van der Waals surface area contributed by atoms with Gasteiger partial charge in [-0.3, -0.25) is 0 Å². The lowest BCUT2D eigenvalue weighted by Gasteiger charge is -2.17. The van der Waals surface area contributed by atoms with E-state index >= 15 is 0 Å². The van der Waals surface area contributed by atoms with Crippen LogP contribution in [0.3, 0.4) is 0 Å². The number of hydrogen-bond donors (Lipinski definition) is 1. The highest BCUT2D eigenvalue weighted by Crippen LogP contribution is 2.33. The lowest BCUT2D eigenvalue weighted by Crippen LogP contribution is -2.23. The van der Waals surface area contributed by atoms with Gasteiger partial charge in [0.15, 0.2) is 6.04 Å². The smallest absolute Gasteiger partial charge is 0.341 e. The molecule has 0 saturated carbocycles. The number of esters is 2. The zero-order valence-corrected chi connectivity index (χ0v) is 16.1. The van der Waals surface area contributed by atoms with Crippen LogP contribution in [0.15, 0.2) is 28.7 Å². The second kappa shape index (κ2) is 8.96. The number of hydrogen-bond acceptors (Lipinski definition) is 6. The van der Waals surface area contributed by atoms with Crippen LogP contribution in [0.4, 0.5) is 5.69 Å². The van der Waals surface area contributed by atoms with Crippen molar-refractivity contribution in [2.75, 3.05) is 18.5 Å². The van der Waals surface area contributed by atoms with Crippen LogP contribution in [0, 0.1) is 6.92 Å². The maximum Gasteiger partial charge on any atom is 0.341 e. The maximum atomic E-state index is 12.4. The molecule has 1 N–H and O–H groups in total. The number of carbonyl (C=O) groups is 2. The fourth-order valence-electron chi connectivity index (χ4n) is 2.30. The number of nitrogens with one attached hydrogen (secondary N) is 1. The van der Waals surface area contributed by atoms with Crippen LogP contribution in [0.1, 0.15) is 41.8 Å². The summed E-state index contributed by atoms with van der Waals surface area (Å²) < 4.78 is 15.7. The average molecular weight is 400 g/mol. The lowest BCUT2D eigenvalue weighted by atomic mass is 10.1. The molecule has 0 radical (unpaired) electrons. The Morgan fingerprint density at radius 3 is 2.54 bits per heavy atom. The van der Waals surface area contributed by atoms with Gasteiger partial charge in [-0.2, -0.15) is 0 Å².